The zero-order valence-corrected chi connectivity index (χ0v) is 17.2. The van der Waals surface area contributed by atoms with E-state index in [1.165, 1.54) is 0 Å². The molecule has 28 heavy (non-hydrogen) atoms. The number of carbonyl (C=O) groups excluding carboxylic acids is 2. The van der Waals surface area contributed by atoms with Crippen LogP contribution in [0.2, 0.25) is 0 Å². The number of rotatable bonds is 5. The minimum atomic E-state index is -0.0473. The normalized spacial score (nSPS) is 19.1. The number of piperazine rings is 1. The predicted molar refractivity (Wildman–Crippen MR) is 108 cm³/mol. The standard InChI is InChI=1S/C22H30N2O4/c1-5-27-19-14-18-12-16(4)28-20(18)13-17(19)6-7-21(25)23-8-10-24(11-9-23)22(26)15(2)3/h6-7,13-16H,5,8-12H2,1-4H3/b7-6+. The Labute approximate surface area is 167 Å². The van der Waals surface area contributed by atoms with Gasteiger partial charge in [0, 0.05) is 55.7 Å². The predicted octanol–water partition coefficient (Wildman–Crippen LogP) is 2.75. The first-order chi connectivity index (χ1) is 13.4. The molecule has 3 rings (SSSR count). The smallest absolute Gasteiger partial charge is 0.246 e. The molecule has 6 nitrogen and oxygen atoms in total. The number of benzene rings is 1. The van der Waals surface area contributed by atoms with Crippen LogP contribution in [0, 0.1) is 5.92 Å². The molecule has 6 heteroatoms. The Hall–Kier alpha value is -2.50. The van der Waals surface area contributed by atoms with Crippen molar-refractivity contribution >= 4 is 17.9 Å². The highest BCUT2D eigenvalue weighted by atomic mass is 16.5. The lowest BCUT2D eigenvalue weighted by molar-refractivity contribution is -0.139. The molecule has 2 amide bonds. The summed E-state index contributed by atoms with van der Waals surface area (Å²) in [6.07, 6.45) is 4.42. The van der Waals surface area contributed by atoms with Crippen molar-refractivity contribution in [3.8, 4) is 11.5 Å². The Bertz CT molecular complexity index is 764. The van der Waals surface area contributed by atoms with Crippen molar-refractivity contribution in [1.82, 2.24) is 9.80 Å². The van der Waals surface area contributed by atoms with Crippen LogP contribution in [0.15, 0.2) is 18.2 Å². The van der Waals surface area contributed by atoms with Crippen LogP contribution in [-0.4, -0.2) is 60.5 Å². The Morgan fingerprint density at radius 2 is 1.89 bits per heavy atom. The van der Waals surface area contributed by atoms with Crippen LogP contribution in [0.1, 0.15) is 38.8 Å². The van der Waals surface area contributed by atoms with Crippen molar-refractivity contribution in [2.75, 3.05) is 32.8 Å². The zero-order chi connectivity index (χ0) is 20.3. The van der Waals surface area contributed by atoms with Crippen LogP contribution in [0.25, 0.3) is 6.08 Å². The van der Waals surface area contributed by atoms with Gasteiger partial charge in [-0.1, -0.05) is 13.8 Å². The molecule has 1 aromatic carbocycles. The van der Waals surface area contributed by atoms with Crippen LogP contribution < -0.4 is 9.47 Å². The summed E-state index contributed by atoms with van der Waals surface area (Å²) in [4.78, 5) is 28.3. The maximum Gasteiger partial charge on any atom is 0.246 e. The van der Waals surface area contributed by atoms with E-state index in [9.17, 15) is 9.59 Å². The van der Waals surface area contributed by atoms with E-state index in [0.717, 1.165) is 29.0 Å². The van der Waals surface area contributed by atoms with Crippen molar-refractivity contribution in [3.05, 3.63) is 29.3 Å². The van der Waals surface area contributed by atoms with E-state index in [-0.39, 0.29) is 23.8 Å². The lowest BCUT2D eigenvalue weighted by atomic mass is 10.1. The van der Waals surface area contributed by atoms with Gasteiger partial charge in [0.1, 0.15) is 17.6 Å². The Morgan fingerprint density at radius 3 is 2.54 bits per heavy atom. The van der Waals surface area contributed by atoms with Gasteiger partial charge in [-0.3, -0.25) is 9.59 Å². The number of nitrogens with zero attached hydrogens (tertiary/aromatic N) is 2. The van der Waals surface area contributed by atoms with Crippen molar-refractivity contribution < 1.29 is 19.1 Å². The van der Waals surface area contributed by atoms with Crippen LogP contribution >= 0.6 is 0 Å². The number of hydrogen-bond acceptors (Lipinski definition) is 4. The summed E-state index contributed by atoms with van der Waals surface area (Å²) in [5, 5.41) is 0. The molecule has 0 aromatic heterocycles. The summed E-state index contributed by atoms with van der Waals surface area (Å²) in [6.45, 7) is 10.7. The lowest BCUT2D eigenvalue weighted by Gasteiger charge is -2.35. The maximum atomic E-state index is 12.6. The SMILES string of the molecule is CCOc1cc2c(cc1/C=C/C(=O)N1CCN(C(=O)C(C)C)CC1)OC(C)C2. The van der Waals surface area contributed by atoms with Crippen molar-refractivity contribution in [2.45, 2.75) is 40.2 Å². The Morgan fingerprint density at radius 1 is 1.21 bits per heavy atom. The van der Waals surface area contributed by atoms with Crippen molar-refractivity contribution in [1.29, 1.82) is 0 Å². The third kappa shape index (κ3) is 4.49. The molecule has 0 bridgehead atoms. The highest BCUT2D eigenvalue weighted by Crippen LogP contribution is 2.35. The van der Waals surface area contributed by atoms with E-state index in [1.54, 1.807) is 17.1 Å². The maximum absolute atomic E-state index is 12.6. The topological polar surface area (TPSA) is 59.1 Å². The Kier molecular flexibility index (Phi) is 6.27. The van der Waals surface area contributed by atoms with E-state index in [2.05, 4.69) is 0 Å². The molecule has 0 saturated carbocycles. The van der Waals surface area contributed by atoms with Crippen molar-refractivity contribution in [3.63, 3.8) is 0 Å². The summed E-state index contributed by atoms with van der Waals surface area (Å²) in [7, 11) is 0. The summed E-state index contributed by atoms with van der Waals surface area (Å²) < 4.78 is 11.6. The highest BCUT2D eigenvalue weighted by Gasteiger charge is 2.25. The van der Waals surface area contributed by atoms with Gasteiger partial charge < -0.3 is 19.3 Å². The molecular formula is C22H30N2O4. The van der Waals surface area contributed by atoms with Crippen LogP contribution in [0.3, 0.4) is 0 Å². The van der Waals surface area contributed by atoms with Crippen LogP contribution in [-0.2, 0) is 16.0 Å². The second kappa shape index (κ2) is 8.67. The Balaban J connectivity index is 1.66. The van der Waals surface area contributed by atoms with Gasteiger partial charge in [-0.15, -0.1) is 0 Å². The molecule has 0 radical (unpaired) electrons. The van der Waals surface area contributed by atoms with Gasteiger partial charge in [0.05, 0.1) is 6.61 Å². The average Bonchev–Trinajstić information content (AvgIpc) is 3.04. The number of hydrogen-bond donors (Lipinski definition) is 0. The largest absolute Gasteiger partial charge is 0.493 e. The molecule has 1 unspecified atom stereocenters. The molecule has 1 aromatic rings. The van der Waals surface area contributed by atoms with Gasteiger partial charge in [0.15, 0.2) is 0 Å². The molecule has 2 aliphatic heterocycles. The van der Waals surface area contributed by atoms with E-state index < -0.39 is 0 Å². The fraction of sp³-hybridized carbons (Fsp3) is 0.545. The number of ether oxygens (including phenoxy) is 2. The van der Waals surface area contributed by atoms with E-state index in [4.69, 9.17) is 9.47 Å². The van der Waals surface area contributed by atoms with Gasteiger partial charge in [-0.2, -0.15) is 0 Å². The van der Waals surface area contributed by atoms with Gasteiger partial charge in [0.25, 0.3) is 0 Å². The molecule has 0 spiro atoms. The quantitative estimate of drug-likeness (QED) is 0.730. The minimum Gasteiger partial charge on any atom is -0.493 e. The monoisotopic (exact) mass is 386 g/mol. The highest BCUT2D eigenvalue weighted by molar-refractivity contribution is 5.92. The molecule has 2 heterocycles. The molecule has 2 aliphatic rings. The summed E-state index contributed by atoms with van der Waals surface area (Å²) in [6, 6.07) is 3.97. The molecule has 1 atom stereocenters. The van der Waals surface area contributed by atoms with Crippen LogP contribution in [0.4, 0.5) is 0 Å². The fourth-order valence-electron chi connectivity index (χ4n) is 3.64. The van der Waals surface area contributed by atoms with Gasteiger partial charge >= 0.3 is 0 Å². The molecule has 1 fully saturated rings. The number of fused-ring (bicyclic) bond motifs is 1. The summed E-state index contributed by atoms with van der Waals surface area (Å²) in [5.74, 6) is 1.73. The minimum absolute atomic E-state index is 0.0103. The van der Waals surface area contributed by atoms with Gasteiger partial charge in [-0.05, 0) is 32.1 Å². The van der Waals surface area contributed by atoms with Gasteiger partial charge in [-0.25, -0.2) is 0 Å². The lowest BCUT2D eigenvalue weighted by Crippen LogP contribution is -2.51. The first-order valence-electron chi connectivity index (χ1n) is 10.1. The number of carbonyl (C=O) groups is 2. The molecular weight excluding hydrogens is 356 g/mol. The van der Waals surface area contributed by atoms with E-state index in [0.29, 0.717) is 32.8 Å². The second-order valence-corrected chi connectivity index (χ2v) is 7.70. The van der Waals surface area contributed by atoms with Gasteiger partial charge in [0.2, 0.25) is 11.8 Å². The van der Waals surface area contributed by atoms with E-state index in [1.807, 2.05) is 44.7 Å². The van der Waals surface area contributed by atoms with Crippen molar-refractivity contribution in [2.24, 2.45) is 5.92 Å². The third-order valence-electron chi connectivity index (χ3n) is 5.13. The third-order valence-corrected chi connectivity index (χ3v) is 5.13. The first-order valence-corrected chi connectivity index (χ1v) is 10.1. The van der Waals surface area contributed by atoms with Crippen LogP contribution in [0.5, 0.6) is 11.5 Å². The summed E-state index contributed by atoms with van der Waals surface area (Å²) >= 11 is 0. The van der Waals surface area contributed by atoms with E-state index >= 15 is 0 Å². The fourth-order valence-corrected chi connectivity index (χ4v) is 3.64. The zero-order valence-electron chi connectivity index (χ0n) is 17.2. The molecule has 1 saturated heterocycles. The average molecular weight is 386 g/mol. The molecule has 0 N–H and O–H groups in total. The number of amides is 2. The first kappa shape index (κ1) is 20.2. The summed E-state index contributed by atoms with van der Waals surface area (Å²) in [5.41, 5.74) is 1.99. The molecule has 152 valence electrons. The second-order valence-electron chi connectivity index (χ2n) is 7.70. The molecule has 0 aliphatic carbocycles.